The first-order valence-electron chi connectivity index (χ1n) is 9.72. The number of carbonyl (C=O) groups excluding carboxylic acids is 1. The molecule has 0 aliphatic heterocycles. The zero-order chi connectivity index (χ0) is 24.3. The van der Waals surface area contributed by atoms with Gasteiger partial charge in [-0.05, 0) is 50.2 Å². The van der Waals surface area contributed by atoms with Gasteiger partial charge in [0.25, 0.3) is 5.91 Å². The van der Waals surface area contributed by atoms with E-state index in [9.17, 15) is 18.0 Å². The largest absolute Gasteiger partial charge is 0.435 e. The van der Waals surface area contributed by atoms with Gasteiger partial charge in [0.05, 0.1) is 16.3 Å². The number of aryl methyl sites for hydroxylation is 1. The zero-order valence-corrected chi connectivity index (χ0v) is 19.7. The molecule has 0 aliphatic carbocycles. The van der Waals surface area contributed by atoms with Crippen molar-refractivity contribution in [1.82, 2.24) is 15.1 Å². The number of amides is 1. The van der Waals surface area contributed by atoms with Gasteiger partial charge >= 0.3 is 6.18 Å². The summed E-state index contributed by atoms with van der Waals surface area (Å²) in [4.78, 5) is 17.3. The molecule has 1 N–H and O–H groups in total. The van der Waals surface area contributed by atoms with Gasteiger partial charge in [0.1, 0.15) is 5.84 Å². The molecule has 0 bridgehead atoms. The number of benzene rings is 2. The molecule has 0 saturated heterocycles. The van der Waals surface area contributed by atoms with Crippen molar-refractivity contribution in [3.8, 4) is 0 Å². The van der Waals surface area contributed by atoms with Crippen LogP contribution in [0.3, 0.4) is 0 Å². The fraction of sp³-hybridized carbons (Fsp3) is 0.227. The Hall–Kier alpha value is -2.55. The van der Waals surface area contributed by atoms with Gasteiger partial charge in [-0.2, -0.15) is 18.3 Å². The standard InChI is InChI=1S/C22H18Cl3F3N4O/c1-3-32-18(12(2)20(31-32)22(26,27)28)11-19(29-15-6-4-5-13(23)9-15)30-21(33)16-8-7-14(24)10-17(16)25/h4-10H,3,11H2,1-2H3,(H,29,30,33). The Balaban J connectivity index is 2.03. The van der Waals surface area contributed by atoms with Crippen molar-refractivity contribution in [3.05, 3.63) is 80.0 Å². The number of halogens is 6. The van der Waals surface area contributed by atoms with Gasteiger partial charge < -0.3 is 5.32 Å². The summed E-state index contributed by atoms with van der Waals surface area (Å²) in [5.41, 5.74) is -0.198. The lowest BCUT2D eigenvalue weighted by Crippen LogP contribution is -2.33. The number of rotatable bonds is 5. The van der Waals surface area contributed by atoms with Crippen molar-refractivity contribution in [2.75, 3.05) is 0 Å². The molecule has 0 saturated carbocycles. The van der Waals surface area contributed by atoms with Crippen LogP contribution < -0.4 is 5.32 Å². The molecule has 0 radical (unpaired) electrons. The van der Waals surface area contributed by atoms with Crippen LogP contribution in [-0.2, 0) is 19.1 Å². The molecule has 174 valence electrons. The number of amidine groups is 1. The highest BCUT2D eigenvalue weighted by Gasteiger charge is 2.37. The number of carbonyl (C=O) groups is 1. The molecule has 3 aromatic rings. The monoisotopic (exact) mass is 516 g/mol. The third kappa shape index (κ3) is 6.07. The van der Waals surface area contributed by atoms with Gasteiger partial charge in [-0.25, -0.2) is 4.99 Å². The Morgan fingerprint density at radius 2 is 1.82 bits per heavy atom. The van der Waals surface area contributed by atoms with E-state index >= 15 is 0 Å². The molecule has 5 nitrogen and oxygen atoms in total. The predicted molar refractivity (Wildman–Crippen MR) is 124 cm³/mol. The maximum absolute atomic E-state index is 13.4. The topological polar surface area (TPSA) is 59.3 Å². The lowest BCUT2D eigenvalue weighted by Gasteiger charge is -2.12. The number of aliphatic imine (C=N–C) groups is 1. The lowest BCUT2D eigenvalue weighted by molar-refractivity contribution is -0.141. The van der Waals surface area contributed by atoms with E-state index in [2.05, 4.69) is 15.4 Å². The molecule has 1 heterocycles. The average Bonchev–Trinajstić information content (AvgIpc) is 3.03. The van der Waals surface area contributed by atoms with E-state index < -0.39 is 17.8 Å². The fourth-order valence-corrected chi connectivity index (χ4v) is 3.86. The molecule has 33 heavy (non-hydrogen) atoms. The van der Waals surface area contributed by atoms with Gasteiger partial charge in [0, 0.05) is 34.3 Å². The van der Waals surface area contributed by atoms with Crippen molar-refractivity contribution < 1.29 is 18.0 Å². The normalized spacial score (nSPS) is 12.2. The van der Waals surface area contributed by atoms with Crippen LogP contribution >= 0.6 is 34.8 Å². The first-order valence-corrected chi connectivity index (χ1v) is 10.9. The Bertz CT molecular complexity index is 1220. The predicted octanol–water partition coefficient (Wildman–Crippen LogP) is 6.89. The van der Waals surface area contributed by atoms with Gasteiger partial charge in [0.15, 0.2) is 5.69 Å². The minimum atomic E-state index is -4.61. The molecule has 0 fully saturated rings. The van der Waals surface area contributed by atoms with Gasteiger partial charge in [-0.1, -0.05) is 40.9 Å². The minimum absolute atomic E-state index is 0.0399. The van der Waals surface area contributed by atoms with Crippen LogP contribution in [0.1, 0.15) is 34.2 Å². The second-order valence-corrected chi connectivity index (χ2v) is 8.31. The van der Waals surface area contributed by atoms with Gasteiger partial charge in [-0.15, -0.1) is 0 Å². The highest BCUT2D eigenvalue weighted by molar-refractivity contribution is 6.37. The summed E-state index contributed by atoms with van der Waals surface area (Å²) in [7, 11) is 0. The average molecular weight is 518 g/mol. The summed E-state index contributed by atoms with van der Waals surface area (Å²) in [6, 6.07) is 10.9. The van der Waals surface area contributed by atoms with Gasteiger partial charge in [-0.3, -0.25) is 9.48 Å². The van der Waals surface area contributed by atoms with Crippen LogP contribution in [-0.4, -0.2) is 21.5 Å². The van der Waals surface area contributed by atoms with Crippen LogP contribution in [0.15, 0.2) is 47.5 Å². The van der Waals surface area contributed by atoms with E-state index in [-0.39, 0.29) is 40.6 Å². The molecule has 1 aromatic heterocycles. The third-order valence-corrected chi connectivity index (χ3v) is 5.51. The summed E-state index contributed by atoms with van der Waals surface area (Å²) in [6.07, 6.45) is -4.73. The molecule has 0 aliphatic rings. The van der Waals surface area contributed by atoms with Crippen LogP contribution in [0, 0.1) is 6.92 Å². The Morgan fingerprint density at radius 1 is 1.12 bits per heavy atom. The Morgan fingerprint density at radius 3 is 2.42 bits per heavy atom. The zero-order valence-electron chi connectivity index (χ0n) is 17.5. The molecule has 3 rings (SSSR count). The number of hydrogen-bond donors (Lipinski definition) is 1. The number of alkyl halides is 3. The second kappa shape index (κ2) is 10.2. The highest BCUT2D eigenvalue weighted by atomic mass is 35.5. The molecule has 11 heteroatoms. The van der Waals surface area contributed by atoms with Crippen LogP contribution in [0.2, 0.25) is 15.1 Å². The van der Waals surface area contributed by atoms with E-state index in [0.717, 1.165) is 0 Å². The van der Waals surface area contributed by atoms with E-state index in [1.54, 1.807) is 31.2 Å². The molecule has 0 spiro atoms. The Kier molecular flexibility index (Phi) is 7.72. The summed E-state index contributed by atoms with van der Waals surface area (Å²) < 4.78 is 41.4. The first-order chi connectivity index (χ1) is 15.5. The van der Waals surface area contributed by atoms with Crippen molar-refractivity contribution >= 4 is 52.2 Å². The van der Waals surface area contributed by atoms with E-state index in [4.69, 9.17) is 34.8 Å². The maximum Gasteiger partial charge on any atom is 0.435 e. The quantitative estimate of drug-likeness (QED) is 0.296. The number of nitrogens with zero attached hydrogens (tertiary/aromatic N) is 3. The smallest absolute Gasteiger partial charge is 0.310 e. The van der Waals surface area contributed by atoms with Crippen LogP contribution in [0.5, 0.6) is 0 Å². The van der Waals surface area contributed by atoms with Crippen LogP contribution in [0.25, 0.3) is 0 Å². The number of aromatic nitrogens is 2. The molecule has 1 amide bonds. The summed E-state index contributed by atoms with van der Waals surface area (Å²) >= 11 is 18.1. The van der Waals surface area contributed by atoms with Crippen molar-refractivity contribution in [3.63, 3.8) is 0 Å². The van der Waals surface area contributed by atoms with E-state index in [1.807, 2.05) is 0 Å². The number of nitrogens with one attached hydrogen (secondary N) is 1. The third-order valence-electron chi connectivity index (χ3n) is 4.73. The van der Waals surface area contributed by atoms with E-state index in [0.29, 0.717) is 15.7 Å². The molecule has 2 aromatic carbocycles. The summed E-state index contributed by atoms with van der Waals surface area (Å²) in [5, 5.41) is 7.25. The lowest BCUT2D eigenvalue weighted by atomic mass is 10.1. The first kappa shape index (κ1) is 25.1. The van der Waals surface area contributed by atoms with Crippen molar-refractivity contribution in [1.29, 1.82) is 0 Å². The molecular formula is C22H18Cl3F3N4O. The summed E-state index contributed by atoms with van der Waals surface area (Å²) in [5.74, 6) is -0.492. The fourth-order valence-electron chi connectivity index (χ4n) is 3.18. The SMILES string of the molecule is CCn1nc(C(F)(F)F)c(C)c1CC(=Nc1cccc(Cl)c1)NC(=O)c1ccc(Cl)cc1Cl. The second-order valence-electron chi connectivity index (χ2n) is 7.03. The molecular weight excluding hydrogens is 500 g/mol. The molecule has 0 atom stereocenters. The van der Waals surface area contributed by atoms with Crippen molar-refractivity contribution in [2.24, 2.45) is 4.99 Å². The summed E-state index contributed by atoms with van der Waals surface area (Å²) in [6.45, 7) is 3.22. The highest BCUT2D eigenvalue weighted by Crippen LogP contribution is 2.32. The maximum atomic E-state index is 13.4. The molecule has 0 unspecified atom stereocenters. The van der Waals surface area contributed by atoms with Crippen LogP contribution in [0.4, 0.5) is 18.9 Å². The number of hydrogen-bond acceptors (Lipinski definition) is 3. The minimum Gasteiger partial charge on any atom is -0.310 e. The van der Waals surface area contributed by atoms with E-state index in [1.165, 1.54) is 29.8 Å². The Labute approximate surface area is 203 Å². The van der Waals surface area contributed by atoms with Gasteiger partial charge in [0.2, 0.25) is 0 Å². The van der Waals surface area contributed by atoms with Crippen molar-refractivity contribution in [2.45, 2.75) is 33.0 Å².